The van der Waals surface area contributed by atoms with Gasteiger partial charge in [-0.25, -0.2) is 0 Å². The van der Waals surface area contributed by atoms with E-state index < -0.39 is 5.41 Å². The molecule has 18 heavy (non-hydrogen) atoms. The van der Waals surface area contributed by atoms with E-state index in [4.69, 9.17) is 11.1 Å². The van der Waals surface area contributed by atoms with Crippen LogP contribution in [0, 0.1) is 5.41 Å². The van der Waals surface area contributed by atoms with Crippen LogP contribution < -0.4 is 5.73 Å². The molecule has 2 aromatic rings. The standard InChI is InChI=1S/C16H14N2/c1-2-16(10-17)14-6-4-3-5-12(14)13-8-7-11(18)9-15(13)16/h2-10,17H,1,18H2. The molecule has 3 N–H and O–H groups in total. The van der Waals surface area contributed by atoms with Gasteiger partial charge in [-0.05, 0) is 34.4 Å². The third kappa shape index (κ3) is 1.15. The first-order valence-electron chi connectivity index (χ1n) is 5.88. The SMILES string of the molecule is C=CC1(C=N)c2ccccc2-c2ccc(N)cc21. The fourth-order valence-electron chi connectivity index (χ4n) is 2.80. The molecule has 2 nitrogen and oxygen atoms in total. The highest BCUT2D eigenvalue weighted by Crippen LogP contribution is 2.49. The van der Waals surface area contributed by atoms with Crippen LogP contribution in [0.25, 0.3) is 11.1 Å². The van der Waals surface area contributed by atoms with Crippen molar-refractivity contribution in [2.45, 2.75) is 5.41 Å². The number of benzene rings is 2. The smallest absolute Gasteiger partial charge is 0.0738 e. The molecule has 0 heterocycles. The van der Waals surface area contributed by atoms with E-state index in [2.05, 4.69) is 18.7 Å². The normalized spacial score (nSPS) is 20.0. The lowest BCUT2D eigenvalue weighted by molar-refractivity contribution is 0.918. The molecule has 0 aromatic heterocycles. The average Bonchev–Trinajstić information content (AvgIpc) is 2.68. The lowest BCUT2D eigenvalue weighted by Gasteiger charge is -2.22. The third-order valence-electron chi connectivity index (χ3n) is 3.70. The molecule has 1 atom stereocenters. The van der Waals surface area contributed by atoms with Crippen LogP contribution in [-0.4, -0.2) is 6.21 Å². The zero-order valence-corrected chi connectivity index (χ0v) is 9.98. The Labute approximate surface area is 106 Å². The molecular weight excluding hydrogens is 220 g/mol. The van der Waals surface area contributed by atoms with Gasteiger partial charge < -0.3 is 11.1 Å². The van der Waals surface area contributed by atoms with Crippen LogP contribution >= 0.6 is 0 Å². The molecule has 0 spiro atoms. The van der Waals surface area contributed by atoms with Gasteiger partial charge in [0, 0.05) is 11.9 Å². The number of nitrogen functional groups attached to an aromatic ring is 1. The van der Waals surface area contributed by atoms with Gasteiger partial charge in [0.05, 0.1) is 5.41 Å². The fourth-order valence-corrected chi connectivity index (χ4v) is 2.80. The molecule has 2 aromatic carbocycles. The Morgan fingerprint density at radius 1 is 1.06 bits per heavy atom. The first-order chi connectivity index (χ1) is 8.73. The third-order valence-corrected chi connectivity index (χ3v) is 3.70. The molecular formula is C16H14N2. The Morgan fingerprint density at radius 2 is 1.78 bits per heavy atom. The van der Waals surface area contributed by atoms with Gasteiger partial charge in [-0.15, -0.1) is 6.58 Å². The van der Waals surface area contributed by atoms with Crippen LogP contribution in [0.2, 0.25) is 0 Å². The number of rotatable bonds is 2. The summed E-state index contributed by atoms with van der Waals surface area (Å²) in [4.78, 5) is 0. The number of hydrogen-bond donors (Lipinski definition) is 2. The molecule has 88 valence electrons. The van der Waals surface area contributed by atoms with E-state index in [-0.39, 0.29) is 0 Å². The number of anilines is 1. The summed E-state index contributed by atoms with van der Waals surface area (Å²) in [6, 6.07) is 14.0. The molecule has 0 radical (unpaired) electrons. The van der Waals surface area contributed by atoms with Crippen LogP contribution in [-0.2, 0) is 5.41 Å². The van der Waals surface area contributed by atoms with Gasteiger partial charge in [0.2, 0.25) is 0 Å². The number of hydrogen-bond acceptors (Lipinski definition) is 2. The maximum Gasteiger partial charge on any atom is 0.0738 e. The molecule has 0 aliphatic heterocycles. The first-order valence-corrected chi connectivity index (χ1v) is 5.88. The quantitative estimate of drug-likeness (QED) is 0.467. The summed E-state index contributed by atoms with van der Waals surface area (Å²) in [5, 5.41) is 7.84. The number of nitrogens with one attached hydrogen (secondary N) is 1. The summed E-state index contributed by atoms with van der Waals surface area (Å²) in [6.45, 7) is 3.92. The Kier molecular flexibility index (Phi) is 2.14. The predicted molar refractivity (Wildman–Crippen MR) is 76.1 cm³/mol. The second-order valence-corrected chi connectivity index (χ2v) is 4.57. The van der Waals surface area contributed by atoms with E-state index in [0.29, 0.717) is 0 Å². The fraction of sp³-hybridized carbons (Fsp3) is 0.0625. The van der Waals surface area contributed by atoms with E-state index in [1.54, 1.807) is 0 Å². The molecule has 0 fully saturated rings. The molecule has 0 saturated carbocycles. The van der Waals surface area contributed by atoms with Crippen LogP contribution in [0.15, 0.2) is 55.1 Å². The molecule has 1 unspecified atom stereocenters. The van der Waals surface area contributed by atoms with Gasteiger partial charge in [-0.2, -0.15) is 0 Å². The molecule has 1 aliphatic carbocycles. The van der Waals surface area contributed by atoms with Crippen LogP contribution in [0.1, 0.15) is 11.1 Å². The van der Waals surface area contributed by atoms with Crippen molar-refractivity contribution in [3.8, 4) is 11.1 Å². The van der Waals surface area contributed by atoms with Crippen molar-refractivity contribution in [2.75, 3.05) is 5.73 Å². The van der Waals surface area contributed by atoms with Crippen LogP contribution in [0.4, 0.5) is 5.69 Å². The van der Waals surface area contributed by atoms with Crippen LogP contribution in [0.3, 0.4) is 0 Å². The van der Waals surface area contributed by atoms with E-state index in [9.17, 15) is 0 Å². The van der Waals surface area contributed by atoms with Gasteiger partial charge >= 0.3 is 0 Å². The average molecular weight is 234 g/mol. The highest BCUT2D eigenvalue weighted by Gasteiger charge is 2.39. The van der Waals surface area contributed by atoms with Gasteiger partial charge in [0.15, 0.2) is 0 Å². The summed E-state index contributed by atoms with van der Waals surface area (Å²) in [5.74, 6) is 0. The Hall–Kier alpha value is -2.35. The minimum Gasteiger partial charge on any atom is -0.399 e. The van der Waals surface area contributed by atoms with Gasteiger partial charge in [-0.1, -0.05) is 36.4 Å². The summed E-state index contributed by atoms with van der Waals surface area (Å²) >= 11 is 0. The van der Waals surface area contributed by atoms with E-state index in [1.165, 1.54) is 6.21 Å². The second kappa shape index (κ2) is 3.57. The monoisotopic (exact) mass is 234 g/mol. The summed E-state index contributed by atoms with van der Waals surface area (Å²) in [7, 11) is 0. The first kappa shape index (κ1) is 10.8. The Morgan fingerprint density at radius 3 is 2.50 bits per heavy atom. The minimum absolute atomic E-state index is 0.540. The van der Waals surface area contributed by atoms with Crippen molar-refractivity contribution in [1.82, 2.24) is 0 Å². The number of fused-ring (bicyclic) bond motifs is 3. The highest BCUT2D eigenvalue weighted by atomic mass is 14.6. The lowest BCUT2D eigenvalue weighted by Crippen LogP contribution is -2.23. The van der Waals surface area contributed by atoms with Crippen molar-refractivity contribution < 1.29 is 0 Å². The second-order valence-electron chi connectivity index (χ2n) is 4.57. The van der Waals surface area contributed by atoms with Gasteiger partial charge in [0.1, 0.15) is 0 Å². The maximum absolute atomic E-state index is 7.84. The van der Waals surface area contributed by atoms with Crippen molar-refractivity contribution in [3.63, 3.8) is 0 Å². The predicted octanol–water partition coefficient (Wildman–Crippen LogP) is 3.37. The highest BCUT2D eigenvalue weighted by molar-refractivity contribution is 5.95. The largest absolute Gasteiger partial charge is 0.399 e. The Bertz CT molecular complexity index is 648. The molecule has 0 bridgehead atoms. The van der Waals surface area contributed by atoms with Gasteiger partial charge in [-0.3, -0.25) is 0 Å². The molecule has 0 saturated heterocycles. The summed E-state index contributed by atoms with van der Waals surface area (Å²) in [6.07, 6.45) is 3.27. The molecule has 0 amide bonds. The molecule has 3 rings (SSSR count). The molecule has 1 aliphatic rings. The van der Waals surface area contributed by atoms with Crippen molar-refractivity contribution in [1.29, 1.82) is 5.41 Å². The van der Waals surface area contributed by atoms with E-state index in [0.717, 1.165) is 27.9 Å². The number of nitrogens with two attached hydrogens (primary N) is 1. The summed E-state index contributed by atoms with van der Waals surface area (Å²) < 4.78 is 0. The van der Waals surface area contributed by atoms with Crippen molar-refractivity contribution in [2.24, 2.45) is 0 Å². The minimum atomic E-state index is -0.540. The maximum atomic E-state index is 7.84. The summed E-state index contributed by atoms with van der Waals surface area (Å²) in [5.41, 5.74) is 10.5. The van der Waals surface area contributed by atoms with E-state index in [1.807, 2.05) is 36.4 Å². The number of allylic oxidation sites excluding steroid dienone is 1. The van der Waals surface area contributed by atoms with Gasteiger partial charge in [0.25, 0.3) is 0 Å². The lowest BCUT2D eigenvalue weighted by atomic mass is 9.79. The van der Waals surface area contributed by atoms with Crippen molar-refractivity contribution in [3.05, 3.63) is 66.2 Å². The van der Waals surface area contributed by atoms with Crippen LogP contribution in [0.5, 0.6) is 0 Å². The zero-order chi connectivity index (χ0) is 12.8. The van der Waals surface area contributed by atoms with Crippen molar-refractivity contribution >= 4 is 11.9 Å². The molecule has 2 heteroatoms. The topological polar surface area (TPSA) is 49.9 Å². The van der Waals surface area contributed by atoms with E-state index >= 15 is 0 Å². The Balaban J connectivity index is 2.45. The zero-order valence-electron chi connectivity index (χ0n) is 9.98.